The number of hydrogen-bond acceptors (Lipinski definition) is 2. The Kier molecular flexibility index (Phi) is 6.31. The summed E-state index contributed by atoms with van der Waals surface area (Å²) in [5.41, 5.74) is 0.798. The van der Waals surface area contributed by atoms with Gasteiger partial charge in [-0.2, -0.15) is 0 Å². The minimum absolute atomic E-state index is 0.0806. The fraction of sp³-hybridized carbons (Fsp3) is 0. The Morgan fingerprint density at radius 3 is 1.30 bits per heavy atom. The van der Waals surface area contributed by atoms with Crippen LogP contribution in [0.25, 0.3) is 75.5 Å². The molecule has 0 aliphatic rings. The second-order valence-corrected chi connectivity index (χ2v) is 11.2. The van der Waals surface area contributed by atoms with E-state index in [1.165, 1.54) is 66.0 Å². The van der Waals surface area contributed by atoms with Crippen molar-refractivity contribution in [2.24, 2.45) is 0 Å². The Hall–Kier alpha value is -5.86. The summed E-state index contributed by atoms with van der Waals surface area (Å²) in [5.74, 6) is 0. The van der Waals surface area contributed by atoms with Crippen LogP contribution in [0.5, 0.6) is 0 Å². The summed E-state index contributed by atoms with van der Waals surface area (Å²) in [7, 11) is 0. The molecule has 0 aliphatic carbocycles. The van der Waals surface area contributed by atoms with E-state index in [0.29, 0.717) is 0 Å². The Bertz CT molecular complexity index is 2640. The molecule has 0 aliphatic heterocycles. The summed E-state index contributed by atoms with van der Waals surface area (Å²) in [6.07, 6.45) is 1.70. The molecule has 0 fully saturated rings. The largest absolute Gasteiger partial charge is 0.290 e. The zero-order chi connectivity index (χ0) is 29.5. The summed E-state index contributed by atoms with van der Waals surface area (Å²) in [4.78, 5) is 17.0. The number of rotatable bonds is 0. The molecule has 0 amide bonds. The lowest BCUT2D eigenvalue weighted by molar-refractivity contribution is 1.44. The normalized spacial score (nSPS) is 11.3. The second-order valence-electron chi connectivity index (χ2n) is 11.2. The minimum Gasteiger partial charge on any atom is -0.290 e. The molecule has 7 aromatic carbocycles. The SMILES string of the molecule is O=c1ccccccccc2ccc3cc4cc5cc6cc7cc8ccccc8cc7cc6cc5cc4cc3c2nccc1. The van der Waals surface area contributed by atoms with E-state index in [-0.39, 0.29) is 5.43 Å². The topological polar surface area (TPSA) is 30.0 Å². The van der Waals surface area contributed by atoms with Crippen molar-refractivity contribution in [1.29, 1.82) is 0 Å². The molecule has 1 heterocycles. The van der Waals surface area contributed by atoms with Gasteiger partial charge in [0.25, 0.3) is 0 Å². The molecule has 8 rings (SSSR count). The van der Waals surface area contributed by atoms with Crippen molar-refractivity contribution in [3.05, 3.63) is 174 Å². The van der Waals surface area contributed by atoms with Gasteiger partial charge in [0.15, 0.2) is 5.43 Å². The van der Waals surface area contributed by atoms with E-state index in [9.17, 15) is 4.79 Å². The highest BCUT2D eigenvalue weighted by molar-refractivity contribution is 6.14. The van der Waals surface area contributed by atoms with Crippen LogP contribution in [-0.4, -0.2) is 4.98 Å². The molecule has 206 valence electrons. The maximum absolute atomic E-state index is 12.1. The molecule has 0 saturated carbocycles. The van der Waals surface area contributed by atoms with E-state index in [1.807, 2.05) is 30.3 Å². The highest BCUT2D eigenvalue weighted by Crippen LogP contribution is 2.34. The summed E-state index contributed by atoms with van der Waals surface area (Å²) in [6, 6.07) is 54.0. The van der Waals surface area contributed by atoms with Crippen molar-refractivity contribution in [3.8, 4) is 0 Å². The molecule has 0 unspecified atom stereocenters. The highest BCUT2D eigenvalue weighted by atomic mass is 16.1. The minimum atomic E-state index is -0.0806. The first-order chi connectivity index (χ1) is 21.7. The third-order valence-electron chi connectivity index (χ3n) is 8.35. The van der Waals surface area contributed by atoms with Crippen LogP contribution in [0, 0.1) is 0 Å². The van der Waals surface area contributed by atoms with Crippen molar-refractivity contribution in [2.45, 2.75) is 0 Å². The molecule has 2 heteroatoms. The van der Waals surface area contributed by atoms with Gasteiger partial charge in [0, 0.05) is 17.0 Å². The number of fused-ring (bicyclic) bond motifs is 8. The van der Waals surface area contributed by atoms with Gasteiger partial charge < -0.3 is 0 Å². The Balaban J connectivity index is 1.36. The van der Waals surface area contributed by atoms with Crippen LogP contribution in [0.2, 0.25) is 0 Å². The fourth-order valence-corrected chi connectivity index (χ4v) is 6.18. The molecule has 0 radical (unpaired) electrons. The maximum Gasteiger partial charge on any atom is 0.178 e. The maximum atomic E-state index is 12.1. The molecule has 0 saturated heterocycles. The molecule has 0 atom stereocenters. The summed E-state index contributed by atoms with van der Waals surface area (Å²) >= 11 is 0. The fourth-order valence-electron chi connectivity index (χ4n) is 6.18. The van der Waals surface area contributed by atoms with Gasteiger partial charge in [-0.15, -0.1) is 0 Å². The van der Waals surface area contributed by atoms with Gasteiger partial charge in [-0.25, -0.2) is 0 Å². The average Bonchev–Trinajstić information content (AvgIpc) is 3.04. The van der Waals surface area contributed by atoms with Gasteiger partial charge in [-0.1, -0.05) is 78.9 Å². The lowest BCUT2D eigenvalue weighted by atomic mass is 9.95. The van der Waals surface area contributed by atoms with Crippen molar-refractivity contribution in [1.82, 2.24) is 4.98 Å². The summed E-state index contributed by atoms with van der Waals surface area (Å²) in [6.45, 7) is 0. The molecule has 2 nitrogen and oxygen atoms in total. The molecule has 0 spiro atoms. The van der Waals surface area contributed by atoms with Crippen LogP contribution in [0.4, 0.5) is 0 Å². The first-order valence-corrected chi connectivity index (χ1v) is 14.8. The number of hydrogen-bond donors (Lipinski definition) is 0. The zero-order valence-electron chi connectivity index (χ0n) is 23.9. The van der Waals surface area contributed by atoms with Crippen molar-refractivity contribution in [3.63, 3.8) is 0 Å². The van der Waals surface area contributed by atoms with E-state index in [2.05, 4.69) is 103 Å². The lowest BCUT2D eigenvalue weighted by Gasteiger charge is -2.09. The van der Waals surface area contributed by atoms with Crippen LogP contribution >= 0.6 is 0 Å². The Morgan fingerprint density at radius 2 is 0.705 bits per heavy atom. The van der Waals surface area contributed by atoms with Crippen LogP contribution in [0.3, 0.4) is 0 Å². The Morgan fingerprint density at radius 1 is 0.318 bits per heavy atom. The molecule has 8 aromatic rings. The van der Waals surface area contributed by atoms with Gasteiger partial charge >= 0.3 is 0 Å². The number of benzene rings is 7. The lowest BCUT2D eigenvalue weighted by Crippen LogP contribution is -1.88. The van der Waals surface area contributed by atoms with Gasteiger partial charge in [0.05, 0.1) is 5.52 Å². The van der Waals surface area contributed by atoms with E-state index in [4.69, 9.17) is 4.98 Å². The van der Waals surface area contributed by atoms with E-state index >= 15 is 0 Å². The monoisotopic (exact) mass is 561 g/mol. The predicted molar refractivity (Wildman–Crippen MR) is 188 cm³/mol. The molecule has 0 N–H and O–H groups in total. The Labute approximate surface area is 254 Å². The first kappa shape index (κ1) is 25.8. The third-order valence-corrected chi connectivity index (χ3v) is 8.35. The smallest absolute Gasteiger partial charge is 0.178 e. The van der Waals surface area contributed by atoms with Gasteiger partial charge in [-0.05, 0) is 138 Å². The van der Waals surface area contributed by atoms with Gasteiger partial charge in [0.1, 0.15) is 0 Å². The quantitative estimate of drug-likeness (QED) is 0.172. The van der Waals surface area contributed by atoms with Crippen LogP contribution in [0.15, 0.2) is 169 Å². The summed E-state index contributed by atoms with van der Waals surface area (Å²) in [5, 5.41) is 15.5. The van der Waals surface area contributed by atoms with Crippen LogP contribution < -0.4 is 5.43 Å². The van der Waals surface area contributed by atoms with E-state index in [1.54, 1.807) is 18.3 Å². The van der Waals surface area contributed by atoms with Gasteiger partial charge in [-0.3, -0.25) is 9.78 Å². The molecular weight excluding hydrogens is 534 g/mol. The average molecular weight is 562 g/mol. The highest BCUT2D eigenvalue weighted by Gasteiger charge is 2.07. The van der Waals surface area contributed by atoms with Crippen LogP contribution in [-0.2, 0) is 0 Å². The number of nitrogens with zero attached hydrogens (tertiary/aromatic N) is 1. The second kappa shape index (κ2) is 10.8. The van der Waals surface area contributed by atoms with Crippen molar-refractivity contribution in [2.75, 3.05) is 0 Å². The van der Waals surface area contributed by atoms with Gasteiger partial charge in [0.2, 0.25) is 0 Å². The molecule has 1 aromatic heterocycles. The van der Waals surface area contributed by atoms with Crippen LogP contribution in [0.1, 0.15) is 0 Å². The van der Waals surface area contributed by atoms with E-state index in [0.717, 1.165) is 21.7 Å². The predicted octanol–water partition coefficient (Wildman–Crippen LogP) is 10.8. The molecular formula is C42H27NO. The zero-order valence-corrected chi connectivity index (χ0v) is 23.9. The number of aromatic nitrogens is 1. The first-order valence-electron chi connectivity index (χ1n) is 14.8. The van der Waals surface area contributed by atoms with Crippen molar-refractivity contribution >= 4 is 75.5 Å². The standard InChI is InChI=1S/C42H27NO/c44-40-13-6-4-2-1-3-5-10-28-15-16-31-20-34-23-37-24-35-21-32-18-29-11-7-8-12-30(29)19-33(32)22-36(35)25-38(37)26-39(34)27-41(31)42(28)43-17-9-14-40/h1-27H. The van der Waals surface area contributed by atoms with E-state index < -0.39 is 0 Å². The third kappa shape index (κ3) is 4.83. The molecule has 44 heavy (non-hydrogen) atoms. The molecule has 0 bridgehead atoms. The van der Waals surface area contributed by atoms with Crippen molar-refractivity contribution < 1.29 is 0 Å². The summed E-state index contributed by atoms with van der Waals surface area (Å²) < 4.78 is 0.